The molecule has 3 aliphatic heterocycles. The summed E-state index contributed by atoms with van der Waals surface area (Å²) in [6.07, 6.45) is -2.14. The molecular weight excluding hydrogens is 471 g/mol. The molecule has 7 nitrogen and oxygen atoms in total. The molecule has 190 valence electrons. The van der Waals surface area contributed by atoms with Crippen LogP contribution in [-0.4, -0.2) is 83.0 Å². The fourth-order valence-corrected chi connectivity index (χ4v) is 6.57. The van der Waals surface area contributed by atoms with E-state index in [0.717, 1.165) is 58.5 Å². The highest BCUT2D eigenvalue weighted by Crippen LogP contribution is 2.57. The number of aryl methyl sites for hydroxylation is 1. The predicted molar refractivity (Wildman–Crippen MR) is 121 cm³/mol. The first kappa shape index (κ1) is 26.5. The van der Waals surface area contributed by atoms with Gasteiger partial charge >= 0.3 is 12.1 Å². The first-order chi connectivity index (χ1) is 15.8. The van der Waals surface area contributed by atoms with Crippen LogP contribution in [-0.2, 0) is 20.9 Å². The molecule has 0 bridgehead atoms. The number of halogens is 3. The van der Waals surface area contributed by atoms with Gasteiger partial charge in [-0.2, -0.15) is 13.2 Å². The summed E-state index contributed by atoms with van der Waals surface area (Å²) in [6.45, 7) is 11.9. The number of likely N-dealkylation sites (tertiary alicyclic amines) is 3. The van der Waals surface area contributed by atoms with E-state index < -0.39 is 12.1 Å². The second-order valence-corrected chi connectivity index (χ2v) is 10.8. The molecule has 1 aromatic heterocycles. The fraction of sp³-hybridized carbons (Fsp3) is 0.696. The predicted octanol–water partition coefficient (Wildman–Crippen LogP) is 3.37. The number of carbonyl (C=O) groups is 3. The Morgan fingerprint density at radius 2 is 1.74 bits per heavy atom. The van der Waals surface area contributed by atoms with Crippen molar-refractivity contribution in [2.24, 2.45) is 10.8 Å². The van der Waals surface area contributed by atoms with E-state index >= 15 is 0 Å². The van der Waals surface area contributed by atoms with Gasteiger partial charge in [0.1, 0.15) is 0 Å². The molecule has 1 N–H and O–H groups in total. The van der Waals surface area contributed by atoms with Crippen LogP contribution in [0.2, 0.25) is 0 Å². The van der Waals surface area contributed by atoms with E-state index in [1.54, 1.807) is 6.92 Å². The smallest absolute Gasteiger partial charge is 0.475 e. The van der Waals surface area contributed by atoms with Crippen molar-refractivity contribution in [2.45, 2.75) is 52.8 Å². The number of carbonyl (C=O) groups excluding carboxylic acids is 2. The second-order valence-electron chi connectivity index (χ2n) is 9.46. The third kappa shape index (κ3) is 5.10. The molecule has 0 saturated carbocycles. The molecule has 0 radical (unpaired) electrons. The van der Waals surface area contributed by atoms with Crippen LogP contribution in [0.4, 0.5) is 13.2 Å². The lowest BCUT2D eigenvalue weighted by Gasteiger charge is -2.46. The maximum atomic E-state index is 13.4. The number of thiophene rings is 1. The molecule has 2 spiro atoms. The van der Waals surface area contributed by atoms with E-state index in [1.807, 2.05) is 21.1 Å². The van der Waals surface area contributed by atoms with Crippen LogP contribution in [0.3, 0.4) is 0 Å². The van der Waals surface area contributed by atoms with Gasteiger partial charge in [-0.05, 0) is 58.3 Å². The number of alkyl halides is 3. The van der Waals surface area contributed by atoms with Crippen molar-refractivity contribution in [1.29, 1.82) is 0 Å². The summed E-state index contributed by atoms with van der Waals surface area (Å²) < 4.78 is 31.7. The summed E-state index contributed by atoms with van der Waals surface area (Å²) in [7, 11) is 0. The maximum Gasteiger partial charge on any atom is 0.490 e. The van der Waals surface area contributed by atoms with Crippen LogP contribution >= 0.6 is 11.3 Å². The largest absolute Gasteiger partial charge is 0.490 e. The Morgan fingerprint density at radius 1 is 1.12 bits per heavy atom. The maximum absolute atomic E-state index is 13.4. The summed E-state index contributed by atoms with van der Waals surface area (Å²) in [6, 6.07) is 4.43. The molecule has 3 aliphatic rings. The van der Waals surface area contributed by atoms with E-state index in [-0.39, 0.29) is 16.7 Å². The number of fused-ring (bicyclic) bond motifs is 1. The van der Waals surface area contributed by atoms with Crippen molar-refractivity contribution in [3.05, 3.63) is 21.9 Å². The highest BCUT2D eigenvalue weighted by atomic mass is 32.1. The molecular formula is C23H32F3N3O4S. The van der Waals surface area contributed by atoms with E-state index in [4.69, 9.17) is 9.90 Å². The minimum absolute atomic E-state index is 0.0401. The topological polar surface area (TPSA) is 81.2 Å². The molecule has 1 aromatic rings. The highest BCUT2D eigenvalue weighted by Gasteiger charge is 2.65. The highest BCUT2D eigenvalue weighted by molar-refractivity contribution is 7.11. The number of aliphatic carboxylic acids is 1. The van der Waals surface area contributed by atoms with Gasteiger partial charge in [0.25, 0.3) is 0 Å². The first-order valence-electron chi connectivity index (χ1n) is 11.5. The lowest BCUT2D eigenvalue weighted by atomic mass is 9.60. The molecule has 34 heavy (non-hydrogen) atoms. The van der Waals surface area contributed by atoms with Crippen molar-refractivity contribution in [3.63, 3.8) is 0 Å². The van der Waals surface area contributed by atoms with Gasteiger partial charge in [0.15, 0.2) is 0 Å². The SMILES string of the molecule is CCN1CCC2(CN(C(C)=O)CC23CCN(Cc2ccc(C)s2)CC3)C1=O.O=C(O)C(F)(F)F. The Balaban J connectivity index is 0.000000406. The third-order valence-corrected chi connectivity index (χ3v) is 8.52. The Kier molecular flexibility index (Phi) is 7.66. The minimum Gasteiger partial charge on any atom is -0.475 e. The molecule has 11 heteroatoms. The lowest BCUT2D eigenvalue weighted by Crippen LogP contribution is -2.52. The Hall–Kier alpha value is -2.14. The number of carboxylic acids is 1. The zero-order valence-corrected chi connectivity index (χ0v) is 20.6. The van der Waals surface area contributed by atoms with E-state index in [9.17, 15) is 22.8 Å². The third-order valence-electron chi connectivity index (χ3n) is 7.53. The molecule has 1 unspecified atom stereocenters. The number of carboxylic acid groups (broad SMARTS) is 1. The summed E-state index contributed by atoms with van der Waals surface area (Å²) in [5.74, 6) is -2.34. The zero-order chi connectivity index (χ0) is 25.3. The summed E-state index contributed by atoms with van der Waals surface area (Å²) in [4.78, 5) is 43.7. The normalized spacial score (nSPS) is 24.6. The summed E-state index contributed by atoms with van der Waals surface area (Å²) in [5, 5.41) is 7.12. The van der Waals surface area contributed by atoms with E-state index in [1.165, 1.54) is 9.75 Å². The van der Waals surface area contributed by atoms with Gasteiger partial charge in [-0.15, -0.1) is 11.3 Å². The standard InChI is InChI=1S/C21H31N3O2S.C2HF3O2/c1-4-23-12-9-21(19(23)26)15-24(17(3)25)14-20(21)7-10-22(11-8-20)13-18-6-5-16(2)27-18;3-2(4,5)1(6)7/h5-6H,4,7-15H2,1-3H3;(H,6,7). The van der Waals surface area contributed by atoms with Gasteiger partial charge in [-0.25, -0.2) is 4.79 Å². The molecule has 2 amide bonds. The van der Waals surface area contributed by atoms with Crippen molar-refractivity contribution < 1.29 is 32.7 Å². The average molecular weight is 504 g/mol. The van der Waals surface area contributed by atoms with Gasteiger partial charge in [0, 0.05) is 54.8 Å². The van der Waals surface area contributed by atoms with Crippen LogP contribution in [0.5, 0.6) is 0 Å². The van der Waals surface area contributed by atoms with Crippen molar-refractivity contribution in [1.82, 2.24) is 14.7 Å². The Labute approximate surface area is 201 Å². The molecule has 3 saturated heterocycles. The van der Waals surface area contributed by atoms with Crippen LogP contribution < -0.4 is 0 Å². The summed E-state index contributed by atoms with van der Waals surface area (Å²) in [5.41, 5.74) is -0.387. The summed E-state index contributed by atoms with van der Waals surface area (Å²) >= 11 is 1.88. The number of amides is 2. The number of nitrogens with zero attached hydrogens (tertiary/aromatic N) is 3. The van der Waals surface area contributed by atoms with Gasteiger partial charge in [0.2, 0.25) is 11.8 Å². The van der Waals surface area contributed by atoms with E-state index in [0.29, 0.717) is 12.5 Å². The first-order valence-corrected chi connectivity index (χ1v) is 12.3. The molecule has 4 rings (SSSR count). The molecule has 3 fully saturated rings. The zero-order valence-electron chi connectivity index (χ0n) is 19.8. The molecule has 0 aromatic carbocycles. The van der Waals surface area contributed by atoms with Gasteiger partial charge in [-0.3, -0.25) is 14.5 Å². The number of hydrogen-bond acceptors (Lipinski definition) is 5. The monoisotopic (exact) mass is 503 g/mol. The number of piperidine rings is 1. The Bertz CT molecular complexity index is 927. The van der Waals surface area contributed by atoms with Crippen molar-refractivity contribution in [2.75, 3.05) is 39.3 Å². The lowest BCUT2D eigenvalue weighted by molar-refractivity contribution is -0.192. The minimum atomic E-state index is -5.08. The second kappa shape index (κ2) is 9.85. The van der Waals surface area contributed by atoms with Gasteiger partial charge < -0.3 is 14.9 Å². The average Bonchev–Trinajstić information content (AvgIpc) is 3.41. The van der Waals surface area contributed by atoms with Crippen molar-refractivity contribution >= 4 is 29.1 Å². The molecule has 4 heterocycles. The van der Waals surface area contributed by atoms with Crippen LogP contribution in [0.1, 0.15) is 42.9 Å². The van der Waals surface area contributed by atoms with Gasteiger partial charge in [-0.1, -0.05) is 0 Å². The van der Waals surface area contributed by atoms with E-state index in [2.05, 4.69) is 30.9 Å². The fourth-order valence-electron chi connectivity index (χ4n) is 5.63. The number of rotatable bonds is 3. The van der Waals surface area contributed by atoms with Crippen molar-refractivity contribution in [3.8, 4) is 0 Å². The molecule has 1 atom stereocenters. The van der Waals surface area contributed by atoms with Crippen LogP contribution in [0.15, 0.2) is 12.1 Å². The number of hydrogen-bond donors (Lipinski definition) is 1. The quantitative estimate of drug-likeness (QED) is 0.684. The van der Waals surface area contributed by atoms with Crippen LogP contribution in [0.25, 0.3) is 0 Å². The molecule has 0 aliphatic carbocycles. The van der Waals surface area contributed by atoms with Gasteiger partial charge in [0.05, 0.1) is 5.41 Å². The van der Waals surface area contributed by atoms with Crippen LogP contribution in [0, 0.1) is 17.8 Å². The Morgan fingerprint density at radius 3 is 2.18 bits per heavy atom.